The van der Waals surface area contributed by atoms with E-state index in [1.807, 2.05) is 18.2 Å². The minimum absolute atomic E-state index is 0.130. The quantitative estimate of drug-likeness (QED) is 0.661. The zero-order valence-electron chi connectivity index (χ0n) is 10.6. The molecule has 0 saturated heterocycles. The van der Waals surface area contributed by atoms with Gasteiger partial charge in [0.25, 0.3) is 0 Å². The van der Waals surface area contributed by atoms with Crippen molar-refractivity contribution in [2.24, 2.45) is 0 Å². The predicted octanol–water partition coefficient (Wildman–Crippen LogP) is 4.27. The first-order valence-electron chi connectivity index (χ1n) is 6.25. The number of fused-ring (bicyclic) bond motifs is 1. The van der Waals surface area contributed by atoms with Crippen molar-refractivity contribution < 1.29 is 9.13 Å². The number of hydrogen-bond donors (Lipinski definition) is 1. The molecule has 0 aliphatic carbocycles. The Morgan fingerprint density at radius 2 is 2.15 bits per heavy atom. The Morgan fingerprint density at radius 1 is 1.30 bits per heavy atom. The molecule has 0 fully saturated rings. The van der Waals surface area contributed by atoms with Crippen LogP contribution in [0.25, 0.3) is 0 Å². The average Bonchev–Trinajstić information content (AvgIpc) is 2.82. The van der Waals surface area contributed by atoms with Gasteiger partial charge in [0, 0.05) is 21.5 Å². The van der Waals surface area contributed by atoms with Gasteiger partial charge < -0.3 is 10.5 Å². The number of rotatable bonds is 3. The molecule has 1 atom stereocenters. The topological polar surface area (TPSA) is 35.2 Å². The van der Waals surface area contributed by atoms with Crippen molar-refractivity contribution in [1.29, 1.82) is 0 Å². The highest BCUT2D eigenvalue weighted by Crippen LogP contribution is 2.33. The number of halogens is 2. The second-order valence-electron chi connectivity index (χ2n) is 4.69. The normalized spacial score (nSPS) is 16.8. The van der Waals surface area contributed by atoms with Crippen LogP contribution in [-0.2, 0) is 6.42 Å². The molecule has 0 aromatic heterocycles. The van der Waals surface area contributed by atoms with E-state index in [0.717, 1.165) is 27.3 Å². The molecule has 0 saturated carbocycles. The van der Waals surface area contributed by atoms with Crippen LogP contribution in [0.1, 0.15) is 5.56 Å². The van der Waals surface area contributed by atoms with Crippen molar-refractivity contribution in [3.05, 3.63) is 52.3 Å². The number of nitrogens with two attached hydrogens (primary N) is 1. The van der Waals surface area contributed by atoms with E-state index in [1.54, 1.807) is 17.8 Å². The molecule has 2 N–H and O–H groups in total. The molecule has 1 heterocycles. The van der Waals surface area contributed by atoms with Gasteiger partial charge in [0.15, 0.2) is 0 Å². The van der Waals surface area contributed by atoms with Crippen molar-refractivity contribution in [2.75, 3.05) is 11.5 Å². The largest absolute Gasteiger partial charge is 0.489 e. The van der Waals surface area contributed by atoms with Gasteiger partial charge >= 0.3 is 0 Å². The summed E-state index contributed by atoms with van der Waals surface area (Å²) in [6.45, 7) is 0. The number of ether oxygens (including phenoxy) is 1. The Labute approximate surface area is 129 Å². The van der Waals surface area contributed by atoms with E-state index >= 15 is 0 Å². The third-order valence-corrected chi connectivity index (χ3v) is 4.79. The maximum absolute atomic E-state index is 13.4. The van der Waals surface area contributed by atoms with Crippen LogP contribution in [0.5, 0.6) is 5.75 Å². The Bertz CT molecular complexity index is 650. The third kappa shape index (κ3) is 2.94. The summed E-state index contributed by atoms with van der Waals surface area (Å²) < 4.78 is 20.3. The molecule has 2 aromatic rings. The molecule has 2 nitrogen and oxygen atoms in total. The van der Waals surface area contributed by atoms with Crippen molar-refractivity contribution in [3.8, 4) is 5.75 Å². The van der Waals surface area contributed by atoms with Gasteiger partial charge in [-0.3, -0.25) is 0 Å². The summed E-state index contributed by atoms with van der Waals surface area (Å²) >= 11 is 5.04. The van der Waals surface area contributed by atoms with Crippen LogP contribution in [0.15, 0.2) is 45.8 Å². The van der Waals surface area contributed by atoms with Gasteiger partial charge in [-0.1, -0.05) is 15.9 Å². The second kappa shape index (κ2) is 5.66. The molecule has 1 unspecified atom stereocenters. The minimum Gasteiger partial charge on any atom is -0.489 e. The zero-order valence-corrected chi connectivity index (χ0v) is 13.0. The molecule has 3 rings (SSSR count). The zero-order chi connectivity index (χ0) is 14.1. The molecule has 0 spiro atoms. The van der Waals surface area contributed by atoms with Crippen LogP contribution < -0.4 is 10.5 Å². The van der Waals surface area contributed by atoms with Gasteiger partial charge in [0.2, 0.25) is 0 Å². The Hall–Kier alpha value is -1.20. The van der Waals surface area contributed by atoms with Crippen LogP contribution >= 0.6 is 27.7 Å². The number of nitrogen functional groups attached to an aromatic ring is 1. The van der Waals surface area contributed by atoms with Gasteiger partial charge in [-0.25, -0.2) is 4.39 Å². The van der Waals surface area contributed by atoms with Gasteiger partial charge in [-0.05, 0) is 42.0 Å². The molecule has 0 radical (unpaired) electrons. The Kier molecular flexibility index (Phi) is 3.89. The molecule has 5 heteroatoms. The number of anilines is 1. The molecule has 1 aliphatic heterocycles. The molecule has 20 heavy (non-hydrogen) atoms. The lowest BCUT2D eigenvalue weighted by Gasteiger charge is -2.10. The highest BCUT2D eigenvalue weighted by molar-refractivity contribution is 9.10. The fourth-order valence-electron chi connectivity index (χ4n) is 2.17. The predicted molar refractivity (Wildman–Crippen MR) is 83.8 cm³/mol. The van der Waals surface area contributed by atoms with Crippen molar-refractivity contribution in [1.82, 2.24) is 0 Å². The number of thioether (sulfide) groups is 1. The average molecular weight is 354 g/mol. The summed E-state index contributed by atoms with van der Waals surface area (Å²) in [5.41, 5.74) is 6.87. The van der Waals surface area contributed by atoms with Crippen LogP contribution in [-0.4, -0.2) is 11.9 Å². The van der Waals surface area contributed by atoms with Crippen LogP contribution in [0.3, 0.4) is 0 Å². The highest BCUT2D eigenvalue weighted by Gasteiger charge is 2.23. The van der Waals surface area contributed by atoms with E-state index in [1.165, 1.54) is 11.6 Å². The first kappa shape index (κ1) is 13.8. The molecular formula is C15H13BrFNOS. The Morgan fingerprint density at radius 3 is 2.95 bits per heavy atom. The number of hydrogen-bond acceptors (Lipinski definition) is 3. The smallest absolute Gasteiger partial charge is 0.147 e. The van der Waals surface area contributed by atoms with E-state index in [0.29, 0.717) is 0 Å². The minimum atomic E-state index is -0.366. The van der Waals surface area contributed by atoms with E-state index in [4.69, 9.17) is 10.5 Å². The van der Waals surface area contributed by atoms with Crippen LogP contribution in [0.4, 0.5) is 10.1 Å². The monoisotopic (exact) mass is 353 g/mol. The summed E-state index contributed by atoms with van der Waals surface area (Å²) in [4.78, 5) is 0.873. The first-order chi connectivity index (χ1) is 9.61. The highest BCUT2D eigenvalue weighted by atomic mass is 79.9. The maximum atomic E-state index is 13.4. The lowest BCUT2D eigenvalue weighted by molar-refractivity contribution is 0.259. The fourth-order valence-corrected chi connectivity index (χ4v) is 3.49. The molecule has 2 aromatic carbocycles. The molecule has 104 valence electrons. The van der Waals surface area contributed by atoms with Crippen LogP contribution in [0, 0.1) is 5.82 Å². The lowest BCUT2D eigenvalue weighted by atomic mass is 10.1. The van der Waals surface area contributed by atoms with E-state index in [9.17, 15) is 4.39 Å². The fraction of sp³-hybridized carbons (Fsp3) is 0.200. The molecule has 1 aliphatic rings. The third-order valence-electron chi connectivity index (χ3n) is 3.17. The standard InChI is InChI=1S/C15H13BrFNOS/c16-10-1-4-15-9(5-10)6-11(19-15)8-20-12-2-3-14(18)13(17)7-12/h1-5,7,11H,6,8,18H2. The molecular weight excluding hydrogens is 341 g/mol. The van der Waals surface area contributed by atoms with Gasteiger partial charge in [-0.15, -0.1) is 11.8 Å². The maximum Gasteiger partial charge on any atom is 0.147 e. The van der Waals surface area contributed by atoms with Crippen molar-refractivity contribution in [2.45, 2.75) is 17.4 Å². The Balaban J connectivity index is 1.62. The van der Waals surface area contributed by atoms with Gasteiger partial charge in [-0.2, -0.15) is 0 Å². The first-order valence-corrected chi connectivity index (χ1v) is 8.02. The van der Waals surface area contributed by atoms with Gasteiger partial charge in [0.05, 0.1) is 5.69 Å². The van der Waals surface area contributed by atoms with E-state index < -0.39 is 0 Å². The summed E-state index contributed by atoms with van der Waals surface area (Å²) in [6.07, 6.45) is 1.02. The summed E-state index contributed by atoms with van der Waals surface area (Å²) in [6, 6.07) is 10.9. The number of benzene rings is 2. The summed E-state index contributed by atoms with van der Waals surface area (Å²) in [7, 11) is 0. The van der Waals surface area contributed by atoms with Crippen molar-refractivity contribution in [3.63, 3.8) is 0 Å². The summed E-state index contributed by atoms with van der Waals surface area (Å²) in [5, 5.41) is 0. The lowest BCUT2D eigenvalue weighted by Crippen LogP contribution is -2.15. The van der Waals surface area contributed by atoms with Crippen LogP contribution in [0.2, 0.25) is 0 Å². The van der Waals surface area contributed by atoms with Crippen molar-refractivity contribution >= 4 is 33.4 Å². The van der Waals surface area contributed by atoms with E-state index in [-0.39, 0.29) is 17.6 Å². The SMILES string of the molecule is Nc1ccc(SCC2Cc3cc(Br)ccc3O2)cc1F. The molecule has 0 amide bonds. The van der Waals surface area contributed by atoms with E-state index in [2.05, 4.69) is 22.0 Å². The molecule has 0 bridgehead atoms. The van der Waals surface area contributed by atoms with Gasteiger partial charge in [0.1, 0.15) is 17.7 Å². The summed E-state index contributed by atoms with van der Waals surface area (Å²) in [5.74, 6) is 1.37. The second-order valence-corrected chi connectivity index (χ2v) is 6.70.